The molecule has 0 saturated heterocycles. The molecule has 0 atom stereocenters. The number of anilines is 1. The van der Waals surface area contributed by atoms with Gasteiger partial charge >= 0.3 is 7.75 Å². The Balaban J connectivity index is 1.37. The van der Waals surface area contributed by atoms with E-state index in [2.05, 4.69) is 20.5 Å². The molecule has 13 nitrogen and oxygen atoms in total. The van der Waals surface area contributed by atoms with Crippen molar-refractivity contribution in [3.8, 4) is 5.75 Å². The Hall–Kier alpha value is -4.81. The topological polar surface area (TPSA) is 165 Å². The number of hydrogen-bond acceptors (Lipinski definition) is 8. The first kappa shape index (κ1) is 33.6. The van der Waals surface area contributed by atoms with Crippen molar-refractivity contribution in [3.63, 3.8) is 0 Å². The number of fused-ring (bicyclic) bond motifs is 1. The second kappa shape index (κ2) is 15.2. The Labute approximate surface area is 272 Å². The number of benzene rings is 3. The molecule has 47 heavy (non-hydrogen) atoms. The number of methoxy groups -OCH3 is 1. The largest absolute Gasteiger partial charge is 0.494 e. The lowest BCUT2D eigenvalue weighted by Crippen LogP contribution is -2.21. The molecular weight excluding hydrogens is 621 g/mol. The number of aromatic nitrogens is 4. The Morgan fingerprint density at radius 3 is 2.17 bits per heavy atom. The Morgan fingerprint density at radius 2 is 1.60 bits per heavy atom. The average molecular weight is 660 g/mol. The smallest absolute Gasteiger partial charge is 0.406 e. The number of ether oxygens (including phenoxy) is 1. The molecule has 0 radical (unpaired) electrons. The van der Waals surface area contributed by atoms with E-state index < -0.39 is 19.6 Å². The summed E-state index contributed by atoms with van der Waals surface area (Å²) in [4.78, 5) is 30.1. The fourth-order valence-electron chi connectivity index (χ4n) is 5.03. The van der Waals surface area contributed by atoms with E-state index in [1.807, 2.05) is 74.5 Å². The first-order valence-corrected chi connectivity index (χ1v) is 16.7. The maximum atomic E-state index is 13.9. The van der Waals surface area contributed by atoms with Gasteiger partial charge in [0.2, 0.25) is 11.9 Å². The van der Waals surface area contributed by atoms with Crippen molar-refractivity contribution >= 4 is 36.5 Å². The zero-order chi connectivity index (χ0) is 33.4. The highest BCUT2D eigenvalue weighted by Crippen LogP contribution is 2.45. The van der Waals surface area contributed by atoms with Gasteiger partial charge in [-0.2, -0.15) is 5.10 Å². The van der Waals surface area contributed by atoms with Gasteiger partial charge in [0.25, 0.3) is 5.91 Å². The number of hydrogen-bond donors (Lipinski definition) is 3. The van der Waals surface area contributed by atoms with E-state index in [1.165, 1.54) is 13.2 Å². The van der Waals surface area contributed by atoms with Gasteiger partial charge in [0.05, 0.1) is 31.5 Å². The molecular formula is C33H38N7O6P. The Kier molecular flexibility index (Phi) is 10.8. The van der Waals surface area contributed by atoms with Crippen LogP contribution >= 0.6 is 7.75 Å². The molecule has 0 unspecified atom stereocenters. The summed E-state index contributed by atoms with van der Waals surface area (Å²) in [6.45, 7) is 4.95. The van der Waals surface area contributed by atoms with Crippen LogP contribution in [0.4, 0.5) is 5.95 Å². The van der Waals surface area contributed by atoms with Gasteiger partial charge in [-0.1, -0.05) is 60.7 Å². The van der Waals surface area contributed by atoms with Gasteiger partial charge in [-0.3, -0.25) is 28.6 Å². The molecule has 0 fully saturated rings. The number of nitrogens with one attached hydrogen (secondary N) is 2. The quantitative estimate of drug-likeness (QED) is 0.0924. The standard InChI is InChI=1S/C33H38N7O6P/c1-4-40-28(18-23(2)38-40)32(42)37-33-36-27-19-26(31(34)41)20-29(44-3)30(27)39(33)17-11-16-35-47(43,45-21-24-12-7-5-8-13-24)46-22-25-14-9-6-10-15-25/h5-10,12-15,18-20H,4,11,16-17,21-22H2,1-3H3,(H2,34,41)(H,35,43)(H,36,37,42). The third kappa shape index (κ3) is 8.32. The highest BCUT2D eigenvalue weighted by molar-refractivity contribution is 7.51. The minimum atomic E-state index is -3.75. The Bertz CT molecular complexity index is 1840. The number of amides is 2. The van der Waals surface area contributed by atoms with Gasteiger partial charge in [-0.25, -0.2) is 14.6 Å². The van der Waals surface area contributed by atoms with E-state index in [0.29, 0.717) is 47.7 Å². The molecule has 5 rings (SSSR count). The van der Waals surface area contributed by atoms with E-state index in [0.717, 1.165) is 11.1 Å². The van der Waals surface area contributed by atoms with Crippen LogP contribution in [-0.4, -0.2) is 44.8 Å². The van der Waals surface area contributed by atoms with Crippen molar-refractivity contribution < 1.29 is 27.9 Å². The molecule has 4 N–H and O–H groups in total. The van der Waals surface area contributed by atoms with Crippen molar-refractivity contribution in [2.45, 2.75) is 46.6 Å². The van der Waals surface area contributed by atoms with Crippen LogP contribution in [0.3, 0.4) is 0 Å². The van der Waals surface area contributed by atoms with Crippen molar-refractivity contribution in [2.75, 3.05) is 19.0 Å². The monoisotopic (exact) mass is 659 g/mol. The zero-order valence-electron chi connectivity index (χ0n) is 26.5. The van der Waals surface area contributed by atoms with Gasteiger partial charge in [0, 0.05) is 25.2 Å². The molecule has 2 aromatic heterocycles. The van der Waals surface area contributed by atoms with Crippen molar-refractivity contribution in [1.82, 2.24) is 24.4 Å². The van der Waals surface area contributed by atoms with Gasteiger partial charge < -0.3 is 15.0 Å². The minimum absolute atomic E-state index is 0.0927. The second-order valence-corrected chi connectivity index (χ2v) is 12.5. The zero-order valence-corrected chi connectivity index (χ0v) is 27.4. The summed E-state index contributed by atoms with van der Waals surface area (Å²) in [7, 11) is -2.27. The maximum Gasteiger partial charge on any atom is 0.406 e. The molecule has 0 aliphatic carbocycles. The molecule has 0 aliphatic rings. The molecule has 0 spiro atoms. The first-order valence-electron chi connectivity index (χ1n) is 15.2. The number of imidazole rings is 1. The van der Waals surface area contributed by atoms with E-state index in [9.17, 15) is 14.2 Å². The maximum absolute atomic E-state index is 13.9. The van der Waals surface area contributed by atoms with Crippen LogP contribution in [-0.2, 0) is 39.9 Å². The van der Waals surface area contributed by atoms with Gasteiger partial charge in [-0.05, 0) is 49.6 Å². The number of primary amides is 1. The molecule has 2 amide bonds. The third-order valence-corrected chi connectivity index (χ3v) is 8.87. The van der Waals surface area contributed by atoms with Crippen LogP contribution in [0.15, 0.2) is 78.9 Å². The van der Waals surface area contributed by atoms with E-state index in [4.69, 9.17) is 19.5 Å². The summed E-state index contributed by atoms with van der Waals surface area (Å²) in [5.41, 5.74) is 9.52. The fourth-order valence-corrected chi connectivity index (χ4v) is 6.35. The molecule has 3 aromatic carbocycles. The minimum Gasteiger partial charge on any atom is -0.494 e. The molecule has 5 aromatic rings. The normalized spacial score (nSPS) is 11.6. The Morgan fingerprint density at radius 1 is 0.957 bits per heavy atom. The number of carbonyl (C=O) groups excluding carboxylic acids is 2. The van der Waals surface area contributed by atoms with Gasteiger partial charge in [0.15, 0.2) is 0 Å². The van der Waals surface area contributed by atoms with Crippen LogP contribution in [0.5, 0.6) is 5.75 Å². The van der Waals surface area contributed by atoms with E-state index in [1.54, 1.807) is 21.4 Å². The summed E-state index contributed by atoms with van der Waals surface area (Å²) in [5, 5.41) is 10.3. The lowest BCUT2D eigenvalue weighted by molar-refractivity contribution is 0.0995. The lowest BCUT2D eigenvalue weighted by Gasteiger charge is -2.20. The van der Waals surface area contributed by atoms with Crippen molar-refractivity contribution in [1.29, 1.82) is 0 Å². The van der Waals surface area contributed by atoms with Crippen molar-refractivity contribution in [3.05, 3.63) is 107 Å². The van der Waals surface area contributed by atoms with Crippen molar-refractivity contribution in [2.24, 2.45) is 5.73 Å². The SMILES string of the molecule is CCn1nc(C)cc1C(=O)Nc1nc2cc(C(N)=O)cc(OC)c2n1CCCNP(=O)(OCc1ccccc1)OCc1ccccc1. The second-order valence-electron chi connectivity index (χ2n) is 10.7. The highest BCUT2D eigenvalue weighted by Gasteiger charge is 2.26. The molecule has 0 saturated carbocycles. The van der Waals surface area contributed by atoms with Crippen LogP contribution in [0.25, 0.3) is 11.0 Å². The molecule has 246 valence electrons. The lowest BCUT2D eigenvalue weighted by atomic mass is 10.1. The van der Waals surface area contributed by atoms with E-state index in [-0.39, 0.29) is 31.3 Å². The number of aryl methyl sites for hydroxylation is 3. The summed E-state index contributed by atoms with van der Waals surface area (Å²) in [6.07, 6.45) is 0.425. The number of rotatable bonds is 16. The highest BCUT2D eigenvalue weighted by atomic mass is 31.2. The molecule has 14 heteroatoms. The van der Waals surface area contributed by atoms with Crippen LogP contribution in [0.1, 0.15) is 51.0 Å². The third-order valence-electron chi connectivity index (χ3n) is 7.32. The van der Waals surface area contributed by atoms with E-state index >= 15 is 0 Å². The average Bonchev–Trinajstić information content (AvgIpc) is 3.64. The van der Waals surface area contributed by atoms with Crippen LogP contribution < -0.4 is 20.9 Å². The predicted octanol–water partition coefficient (Wildman–Crippen LogP) is 5.44. The number of carbonyl (C=O) groups is 2. The summed E-state index contributed by atoms with van der Waals surface area (Å²) in [6, 6.07) is 23.6. The van der Waals surface area contributed by atoms with Gasteiger partial charge in [0.1, 0.15) is 17.0 Å². The molecule has 2 heterocycles. The summed E-state index contributed by atoms with van der Waals surface area (Å²) >= 11 is 0. The molecule has 0 bridgehead atoms. The predicted molar refractivity (Wildman–Crippen MR) is 178 cm³/mol. The molecule has 0 aliphatic heterocycles. The number of nitrogens with zero attached hydrogens (tertiary/aromatic N) is 4. The summed E-state index contributed by atoms with van der Waals surface area (Å²) in [5.74, 6) is -0.451. The van der Waals surface area contributed by atoms with Crippen LogP contribution in [0, 0.1) is 6.92 Å². The fraction of sp³-hybridized carbons (Fsp3) is 0.273. The first-order chi connectivity index (χ1) is 22.7. The number of nitrogens with two attached hydrogens (primary N) is 1. The van der Waals surface area contributed by atoms with Crippen LogP contribution in [0.2, 0.25) is 0 Å². The summed E-state index contributed by atoms with van der Waals surface area (Å²) < 4.78 is 34.5. The van der Waals surface area contributed by atoms with Gasteiger partial charge in [-0.15, -0.1) is 0 Å².